The number of carbonyl (C=O) groups excluding carboxylic acids is 1. The van der Waals surface area contributed by atoms with Gasteiger partial charge in [-0.3, -0.25) is 4.79 Å². The molecule has 144 valence electrons. The number of allylic oxidation sites excluding steroid dienone is 2. The average molecular weight is 359 g/mol. The molecular weight excluding hydrogens is 324 g/mol. The van der Waals surface area contributed by atoms with Gasteiger partial charge < -0.3 is 9.47 Å². The summed E-state index contributed by atoms with van der Waals surface area (Å²) in [6, 6.07) is 6.30. The number of hydrogen-bond donors (Lipinski definition) is 0. The van der Waals surface area contributed by atoms with E-state index in [-0.39, 0.29) is 5.78 Å². The van der Waals surface area contributed by atoms with Gasteiger partial charge in [0.05, 0.1) is 0 Å². The topological polar surface area (TPSA) is 35.5 Å². The molecule has 2 rings (SSSR count). The molecular formula is C23H34O3. The zero-order valence-electron chi connectivity index (χ0n) is 16.3. The third-order valence-electron chi connectivity index (χ3n) is 4.88. The van der Waals surface area contributed by atoms with Crippen molar-refractivity contribution in [2.45, 2.75) is 84.0 Å². The first kappa shape index (κ1) is 20.5. The van der Waals surface area contributed by atoms with Crippen molar-refractivity contribution in [2.75, 3.05) is 6.79 Å². The van der Waals surface area contributed by atoms with Crippen molar-refractivity contribution in [3.05, 3.63) is 35.9 Å². The summed E-state index contributed by atoms with van der Waals surface area (Å²) in [7, 11) is 0. The summed E-state index contributed by atoms with van der Waals surface area (Å²) in [5, 5.41) is 0. The van der Waals surface area contributed by atoms with E-state index < -0.39 is 0 Å². The number of fused-ring (bicyclic) bond motifs is 1. The molecule has 0 bridgehead atoms. The minimum absolute atomic E-state index is 0.154. The van der Waals surface area contributed by atoms with Crippen molar-refractivity contribution in [1.82, 2.24) is 0 Å². The first-order chi connectivity index (χ1) is 12.8. The molecule has 3 heteroatoms. The van der Waals surface area contributed by atoms with Gasteiger partial charge in [0.15, 0.2) is 17.3 Å². The summed E-state index contributed by atoms with van der Waals surface area (Å²) in [4.78, 5) is 10.8. The smallest absolute Gasteiger partial charge is 0.231 e. The second kappa shape index (κ2) is 12.6. The fourth-order valence-corrected chi connectivity index (χ4v) is 3.35. The Morgan fingerprint density at radius 2 is 1.50 bits per heavy atom. The van der Waals surface area contributed by atoms with E-state index >= 15 is 0 Å². The predicted octanol–water partition coefficient (Wildman–Crippen LogP) is 6.39. The lowest BCUT2D eigenvalue weighted by molar-refractivity contribution is -0.112. The van der Waals surface area contributed by atoms with E-state index in [1.54, 1.807) is 13.0 Å². The second-order valence-corrected chi connectivity index (χ2v) is 7.27. The number of unbranched alkanes of at least 4 members (excludes halogenated alkanes) is 10. The SMILES string of the molecule is CC(=O)/C=C/CCCCCCCCCCCCc1ccc2c(c1)OCO2. The van der Waals surface area contributed by atoms with Crippen LogP contribution in [-0.2, 0) is 11.2 Å². The van der Waals surface area contributed by atoms with Gasteiger partial charge in [0, 0.05) is 0 Å². The number of rotatable bonds is 14. The Bertz CT molecular complexity index is 563. The molecule has 1 aliphatic rings. The number of ketones is 1. The molecule has 0 saturated heterocycles. The number of hydrogen-bond acceptors (Lipinski definition) is 3. The summed E-state index contributed by atoms with van der Waals surface area (Å²) in [6.45, 7) is 1.96. The summed E-state index contributed by atoms with van der Waals surface area (Å²) in [5.74, 6) is 1.93. The first-order valence-corrected chi connectivity index (χ1v) is 10.3. The Labute approximate surface area is 158 Å². The van der Waals surface area contributed by atoms with E-state index in [4.69, 9.17) is 9.47 Å². The lowest BCUT2D eigenvalue weighted by atomic mass is 10.0. The maximum Gasteiger partial charge on any atom is 0.231 e. The van der Waals surface area contributed by atoms with Gasteiger partial charge in [0.2, 0.25) is 6.79 Å². The fourth-order valence-electron chi connectivity index (χ4n) is 3.35. The zero-order valence-corrected chi connectivity index (χ0v) is 16.3. The third kappa shape index (κ3) is 8.55. The predicted molar refractivity (Wildman–Crippen MR) is 107 cm³/mol. The van der Waals surface area contributed by atoms with Crippen LogP contribution in [0.4, 0.5) is 0 Å². The summed E-state index contributed by atoms with van der Waals surface area (Å²) in [6.07, 6.45) is 19.1. The molecule has 1 heterocycles. The Morgan fingerprint density at radius 1 is 0.885 bits per heavy atom. The monoisotopic (exact) mass is 358 g/mol. The van der Waals surface area contributed by atoms with Crippen LogP contribution in [0.2, 0.25) is 0 Å². The van der Waals surface area contributed by atoms with Crippen molar-refractivity contribution in [3.63, 3.8) is 0 Å². The molecule has 0 amide bonds. The van der Waals surface area contributed by atoms with Gasteiger partial charge in [-0.25, -0.2) is 0 Å². The van der Waals surface area contributed by atoms with Crippen molar-refractivity contribution in [2.24, 2.45) is 0 Å². The zero-order chi connectivity index (χ0) is 18.5. The van der Waals surface area contributed by atoms with E-state index in [1.165, 1.54) is 69.8 Å². The van der Waals surface area contributed by atoms with Crippen molar-refractivity contribution in [3.8, 4) is 11.5 Å². The normalized spacial score (nSPS) is 12.8. The van der Waals surface area contributed by atoms with Gasteiger partial charge in [0.25, 0.3) is 0 Å². The lowest BCUT2D eigenvalue weighted by Crippen LogP contribution is -1.93. The van der Waals surface area contributed by atoms with Crippen LogP contribution in [0.25, 0.3) is 0 Å². The molecule has 1 aromatic rings. The van der Waals surface area contributed by atoms with E-state index in [1.807, 2.05) is 12.1 Å². The summed E-state index contributed by atoms with van der Waals surface area (Å²) < 4.78 is 10.8. The van der Waals surface area contributed by atoms with Crippen LogP contribution in [-0.4, -0.2) is 12.6 Å². The molecule has 1 aromatic carbocycles. The van der Waals surface area contributed by atoms with Gasteiger partial charge in [-0.15, -0.1) is 0 Å². The average Bonchev–Trinajstić information content (AvgIpc) is 3.09. The summed E-state index contributed by atoms with van der Waals surface area (Å²) >= 11 is 0. The van der Waals surface area contributed by atoms with E-state index in [2.05, 4.69) is 12.1 Å². The highest BCUT2D eigenvalue weighted by Gasteiger charge is 2.12. The quantitative estimate of drug-likeness (QED) is 0.285. The Kier molecular flexibility index (Phi) is 9.92. The summed E-state index contributed by atoms with van der Waals surface area (Å²) in [5.41, 5.74) is 1.35. The molecule has 3 nitrogen and oxygen atoms in total. The fraction of sp³-hybridized carbons (Fsp3) is 0.609. The number of aryl methyl sites for hydroxylation is 1. The molecule has 0 spiro atoms. The van der Waals surface area contributed by atoms with Gasteiger partial charge in [-0.1, -0.05) is 63.5 Å². The third-order valence-corrected chi connectivity index (χ3v) is 4.88. The molecule has 26 heavy (non-hydrogen) atoms. The molecule has 0 N–H and O–H groups in total. The van der Waals surface area contributed by atoms with Crippen molar-refractivity contribution in [1.29, 1.82) is 0 Å². The number of benzene rings is 1. The van der Waals surface area contributed by atoms with Crippen LogP contribution in [0.3, 0.4) is 0 Å². The molecule has 0 saturated carbocycles. The van der Waals surface area contributed by atoms with E-state index in [0.29, 0.717) is 6.79 Å². The number of carbonyl (C=O) groups is 1. The molecule has 0 aliphatic carbocycles. The maximum atomic E-state index is 10.8. The Hall–Kier alpha value is -1.77. The maximum absolute atomic E-state index is 10.8. The van der Waals surface area contributed by atoms with Crippen LogP contribution in [0, 0.1) is 0 Å². The molecule has 0 unspecified atom stereocenters. The van der Waals surface area contributed by atoms with Crippen LogP contribution in [0.5, 0.6) is 11.5 Å². The van der Waals surface area contributed by atoms with Gasteiger partial charge >= 0.3 is 0 Å². The van der Waals surface area contributed by atoms with E-state index in [9.17, 15) is 4.79 Å². The highest BCUT2D eigenvalue weighted by Crippen LogP contribution is 2.32. The van der Waals surface area contributed by atoms with Crippen molar-refractivity contribution >= 4 is 5.78 Å². The molecule has 0 aromatic heterocycles. The Morgan fingerprint density at radius 3 is 2.19 bits per heavy atom. The Balaban J connectivity index is 1.36. The minimum atomic E-state index is 0.154. The highest BCUT2D eigenvalue weighted by molar-refractivity contribution is 5.87. The van der Waals surface area contributed by atoms with Gasteiger partial charge in [-0.05, 0) is 56.4 Å². The molecule has 0 atom stereocenters. The highest BCUT2D eigenvalue weighted by atomic mass is 16.7. The van der Waals surface area contributed by atoms with E-state index in [0.717, 1.165) is 24.3 Å². The van der Waals surface area contributed by atoms with Crippen molar-refractivity contribution < 1.29 is 14.3 Å². The first-order valence-electron chi connectivity index (χ1n) is 10.3. The van der Waals surface area contributed by atoms with Gasteiger partial charge in [-0.2, -0.15) is 0 Å². The molecule has 1 aliphatic heterocycles. The largest absolute Gasteiger partial charge is 0.454 e. The standard InChI is InChI=1S/C23H34O3/c1-20(24)14-12-10-8-6-4-2-3-5-7-9-11-13-15-21-16-17-22-23(18-21)26-19-25-22/h12,14,16-18H,2-11,13,15,19H2,1H3/b14-12+. The molecule has 0 radical (unpaired) electrons. The van der Waals surface area contributed by atoms with Crippen LogP contribution in [0.1, 0.15) is 83.1 Å². The second-order valence-electron chi connectivity index (χ2n) is 7.27. The van der Waals surface area contributed by atoms with Crippen LogP contribution >= 0.6 is 0 Å². The minimum Gasteiger partial charge on any atom is -0.454 e. The van der Waals surface area contributed by atoms with Crippen LogP contribution in [0.15, 0.2) is 30.4 Å². The molecule has 0 fully saturated rings. The number of ether oxygens (including phenoxy) is 2. The lowest BCUT2D eigenvalue weighted by Gasteiger charge is -2.04. The van der Waals surface area contributed by atoms with Crippen LogP contribution < -0.4 is 9.47 Å². The van der Waals surface area contributed by atoms with Gasteiger partial charge in [0.1, 0.15) is 0 Å².